The Bertz CT molecular complexity index is 3970. The number of nitrogens with zero attached hydrogens (tertiary/aromatic N) is 1. The normalized spacial score (nSPS) is 14.4. The fourth-order valence-electron chi connectivity index (χ4n) is 13.3. The van der Waals surface area contributed by atoms with Gasteiger partial charge in [0.15, 0.2) is 0 Å². The summed E-state index contributed by atoms with van der Waals surface area (Å²) < 4.78 is 9.41. The van der Waals surface area contributed by atoms with Crippen LogP contribution in [0.4, 0.5) is 17.1 Å². The number of anilines is 3. The Hall–Kier alpha value is -8.41. The summed E-state index contributed by atoms with van der Waals surface area (Å²) >= 11 is 3.77. The van der Waals surface area contributed by atoms with Crippen LogP contribution in [0.5, 0.6) is 11.5 Å². The molecule has 4 heteroatoms. The zero-order valence-corrected chi connectivity index (χ0v) is 40.5. The lowest BCUT2D eigenvalue weighted by molar-refractivity contribution is 0.436. The van der Waals surface area contributed by atoms with Crippen LogP contribution in [0, 0.1) is 0 Å². The molecule has 4 aliphatic rings. The molecule has 2 aliphatic heterocycles. The first-order valence-electron chi connectivity index (χ1n) is 24.7. The van der Waals surface area contributed by atoms with Gasteiger partial charge in [-0.3, -0.25) is 0 Å². The van der Waals surface area contributed by atoms with Crippen LogP contribution >= 0.6 is 23.1 Å². The molecule has 2 spiro atoms. The van der Waals surface area contributed by atoms with Crippen molar-refractivity contribution in [2.45, 2.75) is 20.6 Å². The van der Waals surface area contributed by atoms with Gasteiger partial charge in [-0.05, 0) is 110 Å². The van der Waals surface area contributed by atoms with Gasteiger partial charge in [0.2, 0.25) is 0 Å². The van der Waals surface area contributed by atoms with Gasteiger partial charge in [-0.15, -0.1) is 11.3 Å². The first kappa shape index (κ1) is 40.3. The molecule has 0 N–H and O–H groups in total. The van der Waals surface area contributed by atoms with E-state index in [0.717, 1.165) is 39.7 Å². The number of thiophene rings is 1. The predicted molar refractivity (Wildman–Crippen MR) is 298 cm³/mol. The van der Waals surface area contributed by atoms with Crippen LogP contribution in [0.2, 0.25) is 0 Å². The van der Waals surface area contributed by atoms with E-state index in [-0.39, 0.29) is 0 Å². The second-order valence-electron chi connectivity index (χ2n) is 19.3. The summed E-state index contributed by atoms with van der Waals surface area (Å²) in [5.74, 6) is 1.78. The van der Waals surface area contributed by atoms with Crippen molar-refractivity contribution in [1.82, 2.24) is 0 Å². The van der Waals surface area contributed by atoms with Crippen molar-refractivity contribution in [3.63, 3.8) is 0 Å². The molecule has 0 unspecified atom stereocenters. The van der Waals surface area contributed by atoms with Crippen molar-refractivity contribution < 1.29 is 4.74 Å². The summed E-state index contributed by atoms with van der Waals surface area (Å²) in [5, 5.41) is 2.62. The molecule has 11 aromatic carbocycles. The molecule has 1 aromatic heterocycles. The Kier molecular flexibility index (Phi) is 8.43. The number of benzene rings is 11. The Balaban J connectivity index is 0.994. The molecule has 0 fully saturated rings. The van der Waals surface area contributed by atoms with Crippen LogP contribution in [0.1, 0.15) is 44.5 Å². The highest BCUT2D eigenvalue weighted by Gasteiger charge is 2.54. The van der Waals surface area contributed by atoms with Crippen molar-refractivity contribution in [3.05, 3.63) is 293 Å². The molecule has 0 atom stereocenters. The first-order chi connectivity index (χ1) is 35.7. The van der Waals surface area contributed by atoms with E-state index in [2.05, 4.69) is 254 Å². The van der Waals surface area contributed by atoms with Crippen molar-refractivity contribution in [2.24, 2.45) is 0 Å². The average Bonchev–Trinajstić information content (AvgIpc) is 4.08. The minimum absolute atomic E-state index is 0.524. The Labute approximate surface area is 426 Å². The van der Waals surface area contributed by atoms with Gasteiger partial charge in [-0.2, -0.15) is 0 Å². The smallest absolute Gasteiger partial charge is 0.132 e. The highest BCUT2D eigenvalue weighted by molar-refractivity contribution is 7.99. The van der Waals surface area contributed by atoms with Gasteiger partial charge >= 0.3 is 0 Å². The van der Waals surface area contributed by atoms with Gasteiger partial charge in [0.1, 0.15) is 11.5 Å². The van der Waals surface area contributed by atoms with E-state index in [9.17, 15) is 0 Å². The van der Waals surface area contributed by atoms with E-state index in [1.807, 2.05) is 23.1 Å². The fraction of sp³-hybridized carbons (Fsp3) is 0.0294. The van der Waals surface area contributed by atoms with E-state index in [1.165, 1.54) is 96.7 Å². The fourth-order valence-corrected chi connectivity index (χ4v) is 15.7. The Morgan fingerprint density at radius 1 is 0.333 bits per heavy atom. The van der Waals surface area contributed by atoms with Crippen molar-refractivity contribution in [1.29, 1.82) is 0 Å². The number of para-hydroxylation sites is 2. The van der Waals surface area contributed by atoms with E-state index in [0.29, 0.717) is 0 Å². The third kappa shape index (κ3) is 5.20. The number of hydrogen-bond donors (Lipinski definition) is 0. The third-order valence-electron chi connectivity index (χ3n) is 16.0. The van der Waals surface area contributed by atoms with Crippen molar-refractivity contribution in [3.8, 4) is 44.9 Å². The maximum atomic E-state index is 6.78. The van der Waals surface area contributed by atoms with E-state index in [1.54, 1.807) is 0 Å². The lowest BCUT2D eigenvalue weighted by Gasteiger charge is -2.40. The van der Waals surface area contributed by atoms with Crippen molar-refractivity contribution in [2.75, 3.05) is 4.90 Å². The molecule has 0 saturated heterocycles. The molecule has 72 heavy (non-hydrogen) atoms. The summed E-state index contributed by atoms with van der Waals surface area (Å²) in [4.78, 5) is 5.18. The third-order valence-corrected chi connectivity index (χ3v) is 18.4. The molecule has 336 valence electrons. The second-order valence-corrected chi connectivity index (χ2v) is 21.5. The largest absolute Gasteiger partial charge is 0.457 e. The zero-order chi connectivity index (χ0) is 47.1. The Morgan fingerprint density at radius 2 is 0.778 bits per heavy atom. The molecule has 12 aromatic rings. The molecule has 2 nitrogen and oxygen atoms in total. The molecule has 0 bridgehead atoms. The number of rotatable bonds is 4. The van der Waals surface area contributed by atoms with Gasteiger partial charge in [-0.1, -0.05) is 206 Å². The van der Waals surface area contributed by atoms with Gasteiger partial charge in [0.05, 0.1) is 22.2 Å². The number of hydrogen-bond acceptors (Lipinski definition) is 4. The molecular formula is C68H41NOS2. The van der Waals surface area contributed by atoms with Crippen LogP contribution in [-0.2, 0) is 10.8 Å². The molecule has 0 saturated carbocycles. The summed E-state index contributed by atoms with van der Waals surface area (Å²) in [6, 6.07) is 92.9. The average molecular weight is 952 g/mol. The molecule has 2 aliphatic carbocycles. The van der Waals surface area contributed by atoms with Crippen molar-refractivity contribution >= 4 is 60.3 Å². The summed E-state index contributed by atoms with van der Waals surface area (Å²) in [7, 11) is 0. The topological polar surface area (TPSA) is 12.5 Å². The monoisotopic (exact) mass is 951 g/mol. The maximum Gasteiger partial charge on any atom is 0.132 e. The minimum atomic E-state index is -0.617. The molecule has 16 rings (SSSR count). The lowest BCUT2D eigenvalue weighted by Crippen LogP contribution is -2.32. The Morgan fingerprint density at radius 3 is 1.39 bits per heavy atom. The number of ether oxygens (including phenoxy) is 1. The van der Waals surface area contributed by atoms with Crippen LogP contribution < -0.4 is 9.64 Å². The van der Waals surface area contributed by atoms with E-state index in [4.69, 9.17) is 4.74 Å². The zero-order valence-electron chi connectivity index (χ0n) is 38.8. The minimum Gasteiger partial charge on any atom is -0.457 e. The predicted octanol–water partition coefficient (Wildman–Crippen LogP) is 18.5. The van der Waals surface area contributed by atoms with Crippen LogP contribution in [0.15, 0.2) is 259 Å². The van der Waals surface area contributed by atoms with Gasteiger partial charge < -0.3 is 9.64 Å². The summed E-state index contributed by atoms with van der Waals surface area (Å²) in [6.45, 7) is 0. The molecular weight excluding hydrogens is 911 g/mol. The second kappa shape index (κ2) is 15.1. The summed E-state index contributed by atoms with van der Waals surface area (Å²) in [6.07, 6.45) is 0. The highest BCUT2D eigenvalue weighted by Crippen LogP contribution is 2.67. The molecule has 0 radical (unpaired) electrons. The van der Waals surface area contributed by atoms with Crippen LogP contribution in [0.3, 0.4) is 0 Å². The standard InChI is InChI=1S/C68H41NOS2/c1-4-23-49-47(19-1)64-55(67(49)51-25-6-10-33-59(51)70-60-34-11-7-26-52(60)67)29-16-31-57(64)69(43-40-38-42(39-41-43)44-21-15-22-46-45-18-3-12-35-61(45)72-66(44)46)58-32-17-30-56-65(58)48-20-2-5-24-50(48)68(56)53-27-8-13-36-62(53)71-63-37-14-9-28-54(63)68/h1-41H. The molecule has 0 amide bonds. The summed E-state index contributed by atoms with van der Waals surface area (Å²) in [5.41, 5.74) is 19.7. The first-order valence-corrected chi connectivity index (χ1v) is 26.4. The highest BCUT2D eigenvalue weighted by atomic mass is 32.2. The molecule has 3 heterocycles. The maximum absolute atomic E-state index is 6.78. The lowest BCUT2D eigenvalue weighted by atomic mass is 9.66. The van der Waals surface area contributed by atoms with Gasteiger partial charge in [0, 0.05) is 57.9 Å². The SMILES string of the molecule is c1ccc2c(c1)Oc1ccccc1C21c2ccccc2-c2c(N(c3ccc(-c4cccc5c4sc4ccccc45)cc3)c3cccc4c3-c3ccccc3C43c4ccccc4Sc4ccccc43)cccc21. The van der Waals surface area contributed by atoms with Crippen LogP contribution in [0.25, 0.3) is 53.6 Å². The van der Waals surface area contributed by atoms with Gasteiger partial charge in [-0.25, -0.2) is 0 Å². The van der Waals surface area contributed by atoms with Crippen LogP contribution in [-0.4, -0.2) is 0 Å². The van der Waals surface area contributed by atoms with E-state index >= 15 is 0 Å². The van der Waals surface area contributed by atoms with Gasteiger partial charge in [0.25, 0.3) is 0 Å². The quantitative estimate of drug-likeness (QED) is 0.174. The number of fused-ring (bicyclic) bond motifs is 21. The van der Waals surface area contributed by atoms with E-state index < -0.39 is 10.8 Å².